The van der Waals surface area contributed by atoms with E-state index in [1.807, 2.05) is 50.2 Å². The number of amides is 1. The van der Waals surface area contributed by atoms with Crippen LogP contribution in [0.3, 0.4) is 0 Å². The summed E-state index contributed by atoms with van der Waals surface area (Å²) in [4.78, 5) is 15.8. The van der Waals surface area contributed by atoms with Gasteiger partial charge in [0.2, 0.25) is 5.91 Å². The Hall–Kier alpha value is -3.59. The maximum Gasteiger partial charge on any atom is 0.221 e. The summed E-state index contributed by atoms with van der Waals surface area (Å²) >= 11 is 0. The fraction of sp³-hybridized carbons (Fsp3) is 0.261. The van der Waals surface area contributed by atoms with E-state index in [4.69, 9.17) is 4.74 Å². The van der Waals surface area contributed by atoms with E-state index in [0.29, 0.717) is 18.0 Å². The molecule has 0 saturated carbocycles. The number of rotatable bonds is 6. The lowest BCUT2D eigenvalue weighted by atomic mass is 9.95. The van der Waals surface area contributed by atoms with Gasteiger partial charge in [-0.05, 0) is 43.5 Å². The minimum Gasteiger partial charge on any atom is -0.495 e. The van der Waals surface area contributed by atoms with Gasteiger partial charge in [0.1, 0.15) is 5.75 Å². The number of hydrogen-bond acceptors (Lipinski definition) is 5. The maximum atomic E-state index is 11.4. The molecule has 1 aromatic heterocycles. The van der Waals surface area contributed by atoms with Crippen molar-refractivity contribution in [2.45, 2.75) is 20.8 Å². The Kier molecular flexibility index (Phi) is 5.69. The molecule has 0 spiro atoms. The van der Waals surface area contributed by atoms with Crippen LogP contribution < -0.4 is 15.4 Å². The topological polar surface area (TPSA) is 87.0 Å². The molecule has 29 heavy (non-hydrogen) atoms. The number of ether oxygens (including phenoxy) is 1. The molecule has 0 aliphatic heterocycles. The molecule has 3 aromatic rings. The standard InChI is InChI=1S/C23H24N4O2/c1-15(28)27-18-9-10-25-20(12-18)17-6-5-16-7-8-21(29-4)22(19(16)11-17)26-14-23(2,3)13-24/h5-12,26H,14H2,1-4H3,(H,25,27,28). The zero-order valence-corrected chi connectivity index (χ0v) is 17.0. The average Bonchev–Trinajstić information content (AvgIpc) is 2.71. The molecule has 2 aromatic carbocycles. The van der Waals surface area contributed by atoms with Gasteiger partial charge in [0, 0.05) is 36.3 Å². The van der Waals surface area contributed by atoms with Crippen LogP contribution in [0, 0.1) is 16.7 Å². The molecule has 0 unspecified atom stereocenters. The van der Waals surface area contributed by atoms with Gasteiger partial charge >= 0.3 is 0 Å². The molecule has 1 heterocycles. The van der Waals surface area contributed by atoms with Crippen LogP contribution in [-0.4, -0.2) is 24.5 Å². The van der Waals surface area contributed by atoms with E-state index in [2.05, 4.69) is 21.7 Å². The molecule has 0 aliphatic rings. The van der Waals surface area contributed by atoms with Crippen molar-refractivity contribution in [2.75, 3.05) is 24.3 Å². The molecular weight excluding hydrogens is 364 g/mol. The molecule has 3 rings (SSSR count). The normalized spacial score (nSPS) is 11.0. The first-order valence-electron chi connectivity index (χ1n) is 9.33. The second kappa shape index (κ2) is 8.19. The van der Waals surface area contributed by atoms with Gasteiger partial charge in [-0.3, -0.25) is 9.78 Å². The number of anilines is 2. The molecule has 6 heteroatoms. The van der Waals surface area contributed by atoms with Gasteiger partial charge in [-0.15, -0.1) is 0 Å². The second-order valence-electron chi connectivity index (χ2n) is 7.54. The molecule has 0 aliphatic carbocycles. The Morgan fingerprint density at radius 1 is 1.21 bits per heavy atom. The van der Waals surface area contributed by atoms with Crippen LogP contribution in [0.25, 0.3) is 22.0 Å². The van der Waals surface area contributed by atoms with E-state index in [0.717, 1.165) is 27.7 Å². The molecule has 0 saturated heterocycles. The van der Waals surface area contributed by atoms with Gasteiger partial charge in [-0.1, -0.05) is 18.2 Å². The van der Waals surface area contributed by atoms with Crippen molar-refractivity contribution in [1.29, 1.82) is 5.26 Å². The van der Waals surface area contributed by atoms with Crippen LogP contribution in [0.5, 0.6) is 5.75 Å². The van der Waals surface area contributed by atoms with Crippen molar-refractivity contribution in [3.63, 3.8) is 0 Å². The van der Waals surface area contributed by atoms with Crippen LogP contribution in [0.2, 0.25) is 0 Å². The van der Waals surface area contributed by atoms with Crippen LogP contribution >= 0.6 is 0 Å². The van der Waals surface area contributed by atoms with E-state index < -0.39 is 5.41 Å². The lowest BCUT2D eigenvalue weighted by molar-refractivity contribution is -0.114. The quantitative estimate of drug-likeness (QED) is 0.631. The van der Waals surface area contributed by atoms with Crippen LogP contribution in [0.1, 0.15) is 20.8 Å². The fourth-order valence-corrected chi connectivity index (χ4v) is 3.03. The summed E-state index contributed by atoms with van der Waals surface area (Å²) in [5.41, 5.74) is 2.69. The minimum atomic E-state index is -0.515. The fourth-order valence-electron chi connectivity index (χ4n) is 3.03. The predicted octanol–water partition coefficient (Wildman–Crippen LogP) is 4.83. The summed E-state index contributed by atoms with van der Waals surface area (Å²) in [6, 6.07) is 15.9. The minimum absolute atomic E-state index is 0.128. The molecule has 0 bridgehead atoms. The maximum absolute atomic E-state index is 11.4. The van der Waals surface area contributed by atoms with Crippen molar-refractivity contribution >= 4 is 28.1 Å². The summed E-state index contributed by atoms with van der Waals surface area (Å²) in [6.07, 6.45) is 1.67. The number of fused-ring (bicyclic) bond motifs is 1. The number of carbonyl (C=O) groups excluding carboxylic acids is 1. The third-order valence-electron chi connectivity index (χ3n) is 4.59. The van der Waals surface area contributed by atoms with Gasteiger partial charge in [0.15, 0.2) is 0 Å². The van der Waals surface area contributed by atoms with Crippen molar-refractivity contribution in [2.24, 2.45) is 5.41 Å². The number of hydrogen-bond donors (Lipinski definition) is 2. The summed E-state index contributed by atoms with van der Waals surface area (Å²) in [5, 5.41) is 17.5. The Labute approximate surface area is 170 Å². The summed E-state index contributed by atoms with van der Waals surface area (Å²) in [7, 11) is 1.63. The summed E-state index contributed by atoms with van der Waals surface area (Å²) < 4.78 is 5.55. The van der Waals surface area contributed by atoms with E-state index in [1.54, 1.807) is 19.4 Å². The first-order valence-corrected chi connectivity index (χ1v) is 9.33. The largest absolute Gasteiger partial charge is 0.495 e. The SMILES string of the molecule is COc1ccc2ccc(-c3cc(NC(C)=O)ccn3)cc2c1NCC(C)(C)C#N. The number of benzene rings is 2. The Bertz CT molecular complexity index is 1100. The predicted molar refractivity (Wildman–Crippen MR) is 116 cm³/mol. The zero-order chi connectivity index (χ0) is 21.0. The molecule has 6 nitrogen and oxygen atoms in total. The van der Waals surface area contributed by atoms with E-state index in [1.165, 1.54) is 6.92 Å². The first-order chi connectivity index (χ1) is 13.8. The number of nitrogens with zero attached hydrogens (tertiary/aromatic N) is 2. The van der Waals surface area contributed by atoms with E-state index in [9.17, 15) is 10.1 Å². The molecule has 1 amide bonds. The molecule has 2 N–H and O–H groups in total. The summed E-state index contributed by atoms with van der Waals surface area (Å²) in [6.45, 7) is 5.74. The average molecular weight is 388 g/mol. The smallest absolute Gasteiger partial charge is 0.221 e. The second-order valence-corrected chi connectivity index (χ2v) is 7.54. The van der Waals surface area contributed by atoms with Gasteiger partial charge in [-0.2, -0.15) is 5.26 Å². The zero-order valence-electron chi connectivity index (χ0n) is 17.0. The molecule has 0 radical (unpaired) electrons. The molecular formula is C23H24N4O2. The number of pyridine rings is 1. The van der Waals surface area contributed by atoms with Crippen LogP contribution in [-0.2, 0) is 4.79 Å². The highest BCUT2D eigenvalue weighted by Crippen LogP contribution is 2.36. The Balaban J connectivity index is 2.07. The number of methoxy groups -OCH3 is 1. The highest BCUT2D eigenvalue weighted by atomic mass is 16.5. The van der Waals surface area contributed by atoms with Crippen LogP contribution in [0.4, 0.5) is 11.4 Å². The number of carbonyl (C=O) groups is 1. The van der Waals surface area contributed by atoms with Crippen molar-refractivity contribution in [1.82, 2.24) is 4.98 Å². The number of nitriles is 1. The van der Waals surface area contributed by atoms with Crippen molar-refractivity contribution < 1.29 is 9.53 Å². The third kappa shape index (κ3) is 4.64. The first kappa shape index (κ1) is 20.2. The summed E-state index contributed by atoms with van der Waals surface area (Å²) in [5.74, 6) is 0.584. The number of nitrogens with one attached hydrogen (secondary N) is 2. The third-order valence-corrected chi connectivity index (χ3v) is 4.59. The van der Waals surface area contributed by atoms with Gasteiger partial charge in [0.25, 0.3) is 0 Å². The van der Waals surface area contributed by atoms with Gasteiger partial charge in [-0.25, -0.2) is 0 Å². The van der Waals surface area contributed by atoms with Crippen molar-refractivity contribution in [3.05, 3.63) is 48.7 Å². The Morgan fingerprint density at radius 3 is 2.66 bits per heavy atom. The molecule has 148 valence electrons. The highest BCUT2D eigenvalue weighted by Gasteiger charge is 2.18. The van der Waals surface area contributed by atoms with Crippen LogP contribution in [0.15, 0.2) is 48.7 Å². The lowest BCUT2D eigenvalue weighted by Crippen LogP contribution is -2.21. The number of aromatic nitrogens is 1. The van der Waals surface area contributed by atoms with E-state index >= 15 is 0 Å². The highest BCUT2D eigenvalue weighted by molar-refractivity contribution is 5.99. The Morgan fingerprint density at radius 2 is 1.97 bits per heavy atom. The van der Waals surface area contributed by atoms with Crippen molar-refractivity contribution in [3.8, 4) is 23.1 Å². The van der Waals surface area contributed by atoms with Gasteiger partial charge < -0.3 is 15.4 Å². The molecule has 0 fully saturated rings. The molecule has 0 atom stereocenters. The lowest BCUT2D eigenvalue weighted by Gasteiger charge is -2.20. The van der Waals surface area contributed by atoms with Gasteiger partial charge in [0.05, 0.1) is 30.0 Å². The monoisotopic (exact) mass is 388 g/mol. The van der Waals surface area contributed by atoms with E-state index in [-0.39, 0.29) is 5.91 Å².